The molecule has 2 rings (SSSR count). The molecule has 0 radical (unpaired) electrons. The van der Waals surface area contributed by atoms with E-state index in [1.54, 1.807) is 0 Å². The summed E-state index contributed by atoms with van der Waals surface area (Å²) in [6.45, 7) is 6.48. The SMILES string of the molecule is CC1(C)CC2(C)CC1C(O)C2O. The summed E-state index contributed by atoms with van der Waals surface area (Å²) in [5.74, 6) is 0.303. The van der Waals surface area contributed by atoms with Gasteiger partial charge in [-0.25, -0.2) is 0 Å². The van der Waals surface area contributed by atoms with Crippen LogP contribution in [0.15, 0.2) is 0 Å². The van der Waals surface area contributed by atoms with Crippen molar-refractivity contribution >= 4 is 0 Å². The van der Waals surface area contributed by atoms with Gasteiger partial charge in [-0.05, 0) is 29.6 Å². The number of aliphatic hydroxyl groups excluding tert-OH is 2. The number of aliphatic hydroxyl groups is 2. The molecule has 2 saturated carbocycles. The van der Waals surface area contributed by atoms with Gasteiger partial charge in [0, 0.05) is 0 Å². The molecule has 2 aliphatic carbocycles. The third-order valence-electron chi connectivity index (χ3n) is 4.00. The molecule has 0 aromatic rings. The predicted octanol–water partition coefficient (Wildman–Crippen LogP) is 1.16. The van der Waals surface area contributed by atoms with Gasteiger partial charge < -0.3 is 10.2 Å². The van der Waals surface area contributed by atoms with Gasteiger partial charge in [0.15, 0.2) is 0 Å². The first-order chi connectivity index (χ1) is 5.37. The second-order valence-electron chi connectivity index (χ2n) is 5.57. The maximum absolute atomic E-state index is 9.74. The van der Waals surface area contributed by atoms with Gasteiger partial charge in [0.2, 0.25) is 0 Å². The summed E-state index contributed by atoms with van der Waals surface area (Å²) in [6.07, 6.45) is 1.06. The fraction of sp³-hybridized carbons (Fsp3) is 1.00. The summed E-state index contributed by atoms with van der Waals surface area (Å²) in [4.78, 5) is 0. The average molecular weight is 170 g/mol. The van der Waals surface area contributed by atoms with Crippen LogP contribution < -0.4 is 0 Å². The molecule has 2 aliphatic rings. The first-order valence-corrected chi connectivity index (χ1v) is 4.73. The van der Waals surface area contributed by atoms with Crippen molar-refractivity contribution in [3.8, 4) is 0 Å². The summed E-state index contributed by atoms with van der Waals surface area (Å²) < 4.78 is 0. The Morgan fingerprint density at radius 2 is 1.75 bits per heavy atom. The highest BCUT2D eigenvalue weighted by atomic mass is 16.3. The van der Waals surface area contributed by atoms with Gasteiger partial charge in [0.1, 0.15) is 0 Å². The van der Waals surface area contributed by atoms with E-state index in [9.17, 15) is 10.2 Å². The summed E-state index contributed by atoms with van der Waals surface area (Å²) in [6, 6.07) is 0. The van der Waals surface area contributed by atoms with E-state index in [1.807, 2.05) is 0 Å². The molecule has 2 bridgehead atoms. The normalized spacial score (nSPS) is 56.2. The molecule has 0 aromatic heterocycles. The lowest BCUT2D eigenvalue weighted by molar-refractivity contribution is -0.0807. The molecule has 2 fully saturated rings. The summed E-state index contributed by atoms with van der Waals surface area (Å²) >= 11 is 0. The number of rotatable bonds is 0. The number of fused-ring (bicyclic) bond motifs is 2. The van der Waals surface area contributed by atoms with Crippen molar-refractivity contribution in [3.63, 3.8) is 0 Å². The van der Waals surface area contributed by atoms with Crippen molar-refractivity contribution in [1.82, 2.24) is 0 Å². The lowest BCUT2D eigenvalue weighted by atomic mass is 9.70. The van der Waals surface area contributed by atoms with Crippen LogP contribution in [0.2, 0.25) is 0 Å². The van der Waals surface area contributed by atoms with E-state index >= 15 is 0 Å². The molecule has 0 spiro atoms. The van der Waals surface area contributed by atoms with Crippen LogP contribution in [-0.4, -0.2) is 22.4 Å². The standard InChI is InChI=1S/C10H18O2/c1-9(2)5-10(3)4-6(9)7(11)8(10)12/h6-8,11-12H,4-5H2,1-3H3. The zero-order valence-corrected chi connectivity index (χ0v) is 8.04. The highest BCUT2D eigenvalue weighted by Crippen LogP contribution is 2.62. The fourth-order valence-corrected chi connectivity index (χ4v) is 3.46. The highest BCUT2D eigenvalue weighted by Gasteiger charge is 2.61. The monoisotopic (exact) mass is 170 g/mol. The molecule has 12 heavy (non-hydrogen) atoms. The van der Waals surface area contributed by atoms with Crippen LogP contribution in [-0.2, 0) is 0 Å². The Morgan fingerprint density at radius 1 is 1.17 bits per heavy atom. The van der Waals surface area contributed by atoms with Crippen molar-refractivity contribution in [3.05, 3.63) is 0 Å². The minimum atomic E-state index is -0.490. The van der Waals surface area contributed by atoms with Crippen LogP contribution in [0.5, 0.6) is 0 Å². The first-order valence-electron chi connectivity index (χ1n) is 4.73. The third kappa shape index (κ3) is 0.826. The van der Waals surface area contributed by atoms with Crippen molar-refractivity contribution in [2.45, 2.75) is 45.8 Å². The van der Waals surface area contributed by atoms with E-state index in [-0.39, 0.29) is 10.8 Å². The summed E-state index contributed by atoms with van der Waals surface area (Å²) in [5, 5.41) is 19.5. The van der Waals surface area contributed by atoms with E-state index in [0.29, 0.717) is 5.92 Å². The molecule has 0 aromatic carbocycles. The third-order valence-corrected chi connectivity index (χ3v) is 4.00. The minimum Gasteiger partial charge on any atom is -0.390 e. The molecular weight excluding hydrogens is 152 g/mol. The maximum Gasteiger partial charge on any atom is 0.0855 e. The van der Waals surface area contributed by atoms with Crippen LogP contribution in [0, 0.1) is 16.7 Å². The second kappa shape index (κ2) is 2.05. The van der Waals surface area contributed by atoms with E-state index in [2.05, 4.69) is 20.8 Å². The van der Waals surface area contributed by atoms with Gasteiger partial charge in [-0.3, -0.25) is 0 Å². The lowest BCUT2D eigenvalue weighted by Crippen LogP contribution is -2.44. The molecule has 2 heteroatoms. The maximum atomic E-state index is 9.74. The molecule has 0 aliphatic heterocycles. The van der Waals surface area contributed by atoms with E-state index < -0.39 is 12.2 Å². The van der Waals surface area contributed by atoms with Crippen LogP contribution in [0.3, 0.4) is 0 Å². The molecule has 4 unspecified atom stereocenters. The molecule has 0 amide bonds. The molecule has 0 heterocycles. The lowest BCUT2D eigenvalue weighted by Gasteiger charge is -2.39. The Kier molecular flexibility index (Phi) is 1.45. The van der Waals surface area contributed by atoms with Crippen LogP contribution >= 0.6 is 0 Å². The van der Waals surface area contributed by atoms with Gasteiger partial charge in [-0.2, -0.15) is 0 Å². The second-order valence-corrected chi connectivity index (χ2v) is 5.57. The van der Waals surface area contributed by atoms with Crippen molar-refractivity contribution in [1.29, 1.82) is 0 Å². The van der Waals surface area contributed by atoms with Gasteiger partial charge >= 0.3 is 0 Å². The van der Waals surface area contributed by atoms with Gasteiger partial charge in [0.05, 0.1) is 12.2 Å². The Hall–Kier alpha value is -0.0800. The van der Waals surface area contributed by atoms with Gasteiger partial charge in [0.25, 0.3) is 0 Å². The molecule has 2 N–H and O–H groups in total. The smallest absolute Gasteiger partial charge is 0.0855 e. The predicted molar refractivity (Wildman–Crippen MR) is 46.6 cm³/mol. The van der Waals surface area contributed by atoms with Crippen molar-refractivity contribution in [2.24, 2.45) is 16.7 Å². The van der Waals surface area contributed by atoms with Crippen LogP contribution in [0.25, 0.3) is 0 Å². The number of hydrogen-bond acceptors (Lipinski definition) is 2. The zero-order valence-electron chi connectivity index (χ0n) is 8.04. The largest absolute Gasteiger partial charge is 0.390 e. The Labute approximate surface area is 73.6 Å². The summed E-state index contributed by atoms with van der Waals surface area (Å²) in [7, 11) is 0. The Bertz CT molecular complexity index is 212. The average Bonchev–Trinajstić information content (AvgIpc) is 2.27. The van der Waals surface area contributed by atoms with E-state index in [0.717, 1.165) is 12.8 Å². The van der Waals surface area contributed by atoms with Crippen molar-refractivity contribution in [2.75, 3.05) is 0 Å². The van der Waals surface area contributed by atoms with E-state index in [4.69, 9.17) is 0 Å². The van der Waals surface area contributed by atoms with Crippen molar-refractivity contribution < 1.29 is 10.2 Å². The molecular formula is C10H18O2. The topological polar surface area (TPSA) is 40.5 Å². The van der Waals surface area contributed by atoms with Gasteiger partial charge in [-0.15, -0.1) is 0 Å². The Balaban J connectivity index is 2.33. The molecule has 0 saturated heterocycles. The van der Waals surface area contributed by atoms with Crippen LogP contribution in [0.4, 0.5) is 0 Å². The molecule has 70 valence electrons. The van der Waals surface area contributed by atoms with Gasteiger partial charge in [-0.1, -0.05) is 20.8 Å². The molecule has 4 atom stereocenters. The van der Waals surface area contributed by atoms with E-state index in [1.165, 1.54) is 0 Å². The Morgan fingerprint density at radius 3 is 2.08 bits per heavy atom. The minimum absolute atomic E-state index is 0.0203. The highest BCUT2D eigenvalue weighted by molar-refractivity contribution is 5.11. The fourth-order valence-electron chi connectivity index (χ4n) is 3.46. The number of hydrogen-bond donors (Lipinski definition) is 2. The first kappa shape index (κ1) is 8.52. The quantitative estimate of drug-likeness (QED) is 0.573. The molecule has 2 nitrogen and oxygen atoms in total. The van der Waals surface area contributed by atoms with Crippen LogP contribution in [0.1, 0.15) is 33.6 Å². The zero-order chi connectivity index (χ0) is 9.15. The summed E-state index contributed by atoms with van der Waals surface area (Å²) in [5.41, 5.74) is 0.195.